The number of nitrogens with one attached hydrogen (secondary N) is 1. The van der Waals surface area contributed by atoms with E-state index in [2.05, 4.69) is 20.4 Å². The molecule has 0 fully saturated rings. The van der Waals surface area contributed by atoms with E-state index in [-0.39, 0.29) is 12.6 Å². The molecule has 0 amide bonds. The first-order chi connectivity index (χ1) is 13.3. The van der Waals surface area contributed by atoms with Crippen molar-refractivity contribution in [1.82, 2.24) is 15.1 Å². The summed E-state index contributed by atoms with van der Waals surface area (Å²) in [6, 6.07) is 0.997. The minimum atomic E-state index is -5.22. The standard InChI is InChI=1S/C13H7Cl2F6N5O2S/c14-5-1-4(12(16,17)18)2-6(15)8(5)26-10(22)9(29(27)13(19,20)21)7(24-26)11-23-3-28-25-11/h1-2H,3,22H2,(H,23,25). The van der Waals surface area contributed by atoms with Gasteiger partial charge in [-0.3, -0.25) is 0 Å². The highest BCUT2D eigenvalue weighted by Crippen LogP contribution is 2.41. The van der Waals surface area contributed by atoms with Gasteiger partial charge in [-0.05, 0) is 12.1 Å². The van der Waals surface area contributed by atoms with Crippen LogP contribution in [0.1, 0.15) is 11.3 Å². The molecule has 158 valence electrons. The third-order valence-electron chi connectivity index (χ3n) is 3.51. The second kappa shape index (κ2) is 7.34. The molecule has 29 heavy (non-hydrogen) atoms. The monoisotopic (exact) mass is 481 g/mol. The molecule has 1 unspecified atom stereocenters. The van der Waals surface area contributed by atoms with Crippen molar-refractivity contribution in [3.63, 3.8) is 0 Å². The molecular weight excluding hydrogens is 475 g/mol. The largest absolute Gasteiger partial charge is 0.604 e. The smallest absolute Gasteiger partial charge is 0.578 e. The van der Waals surface area contributed by atoms with Crippen LogP contribution in [0.4, 0.5) is 32.2 Å². The normalized spacial score (nSPS) is 15.7. The molecule has 0 aliphatic carbocycles. The van der Waals surface area contributed by atoms with Gasteiger partial charge in [-0.1, -0.05) is 28.4 Å². The third kappa shape index (κ3) is 4.01. The highest BCUT2D eigenvalue weighted by molar-refractivity contribution is 7.92. The lowest BCUT2D eigenvalue weighted by Gasteiger charge is -2.14. The maximum atomic E-state index is 13.1. The maximum absolute atomic E-state index is 13.1. The van der Waals surface area contributed by atoms with Crippen molar-refractivity contribution < 1.29 is 35.7 Å². The molecule has 2 heterocycles. The molecule has 1 aromatic carbocycles. The van der Waals surface area contributed by atoms with Crippen molar-refractivity contribution >= 4 is 46.0 Å². The summed E-state index contributed by atoms with van der Waals surface area (Å²) in [7, 11) is 0. The van der Waals surface area contributed by atoms with E-state index in [4.69, 9.17) is 28.9 Å². The second-order valence-electron chi connectivity index (χ2n) is 5.37. The van der Waals surface area contributed by atoms with Gasteiger partial charge in [0.15, 0.2) is 18.2 Å². The number of hydrogen-bond donors (Lipinski definition) is 2. The Morgan fingerprint density at radius 1 is 1.17 bits per heavy atom. The molecule has 0 saturated heterocycles. The van der Waals surface area contributed by atoms with Gasteiger partial charge in [0, 0.05) is 0 Å². The molecule has 7 nitrogen and oxygen atoms in total. The number of alkyl halides is 6. The first-order valence-electron chi connectivity index (χ1n) is 7.20. The molecule has 0 bridgehead atoms. The molecule has 2 aromatic rings. The van der Waals surface area contributed by atoms with Crippen molar-refractivity contribution in [3.05, 3.63) is 33.4 Å². The topological polar surface area (TPSA) is 101 Å². The Hall–Kier alpha value is -2.03. The van der Waals surface area contributed by atoms with E-state index in [1.807, 2.05) is 0 Å². The van der Waals surface area contributed by atoms with Crippen LogP contribution >= 0.6 is 23.2 Å². The number of oxime groups is 1. The molecule has 3 rings (SSSR count). The van der Waals surface area contributed by atoms with Gasteiger partial charge < -0.3 is 20.4 Å². The summed E-state index contributed by atoms with van der Waals surface area (Å²) in [5.41, 5.74) is -1.74. The second-order valence-corrected chi connectivity index (χ2v) is 7.59. The summed E-state index contributed by atoms with van der Waals surface area (Å²) in [5.74, 6) is -1.13. The number of hydrogen-bond acceptors (Lipinski definition) is 6. The number of anilines is 1. The van der Waals surface area contributed by atoms with Crippen molar-refractivity contribution in [2.24, 2.45) is 5.16 Å². The van der Waals surface area contributed by atoms with Crippen LogP contribution in [0, 0.1) is 0 Å². The van der Waals surface area contributed by atoms with Crippen LogP contribution < -0.4 is 11.1 Å². The molecule has 0 saturated carbocycles. The van der Waals surface area contributed by atoms with Crippen LogP contribution in [0.3, 0.4) is 0 Å². The van der Waals surface area contributed by atoms with Gasteiger partial charge >= 0.3 is 11.7 Å². The number of halogens is 8. The highest BCUT2D eigenvalue weighted by atomic mass is 35.5. The van der Waals surface area contributed by atoms with Crippen LogP contribution in [0.25, 0.3) is 5.69 Å². The number of aromatic nitrogens is 2. The SMILES string of the molecule is Nc1c([S+]([O-])C(F)(F)F)c(C2=NOCN2)nn1-c1c(Cl)cc(C(F)(F)F)cc1Cl. The first-order valence-corrected chi connectivity index (χ1v) is 9.11. The van der Waals surface area contributed by atoms with Gasteiger partial charge in [0.2, 0.25) is 10.7 Å². The molecule has 0 radical (unpaired) electrons. The molecule has 3 N–H and O–H groups in total. The Bertz CT molecular complexity index is 970. The van der Waals surface area contributed by atoms with Gasteiger partial charge in [0.05, 0.1) is 15.6 Å². The zero-order valence-corrected chi connectivity index (χ0v) is 15.9. The number of nitrogen functional groups attached to an aromatic ring is 1. The Balaban J connectivity index is 2.24. The highest BCUT2D eigenvalue weighted by Gasteiger charge is 2.51. The lowest BCUT2D eigenvalue weighted by atomic mass is 10.2. The number of nitrogens with two attached hydrogens (primary N) is 1. The van der Waals surface area contributed by atoms with Crippen LogP contribution in [0.5, 0.6) is 0 Å². The predicted octanol–water partition coefficient (Wildman–Crippen LogP) is 3.65. The molecular formula is C13H7Cl2F6N5O2S. The summed E-state index contributed by atoms with van der Waals surface area (Å²) in [6.07, 6.45) is -4.78. The fraction of sp³-hybridized carbons (Fsp3) is 0.231. The van der Waals surface area contributed by atoms with Crippen molar-refractivity contribution in [2.45, 2.75) is 16.6 Å². The summed E-state index contributed by atoms with van der Waals surface area (Å²) < 4.78 is 90.5. The minimum absolute atomic E-state index is 0.206. The molecule has 16 heteroatoms. The fourth-order valence-corrected chi connectivity index (χ4v) is 3.80. The zero-order valence-electron chi connectivity index (χ0n) is 13.5. The van der Waals surface area contributed by atoms with Gasteiger partial charge in [0.25, 0.3) is 0 Å². The lowest BCUT2D eigenvalue weighted by Crippen LogP contribution is -2.28. The summed E-state index contributed by atoms with van der Waals surface area (Å²) in [4.78, 5) is 3.63. The Morgan fingerprint density at radius 3 is 2.21 bits per heavy atom. The van der Waals surface area contributed by atoms with Crippen molar-refractivity contribution in [1.29, 1.82) is 0 Å². The minimum Gasteiger partial charge on any atom is -0.604 e. The summed E-state index contributed by atoms with van der Waals surface area (Å²) in [6.45, 7) is -0.206. The van der Waals surface area contributed by atoms with Gasteiger partial charge in [0.1, 0.15) is 16.9 Å². The Labute approximate surface area is 170 Å². The van der Waals surface area contributed by atoms with Crippen LogP contribution in [-0.2, 0) is 22.2 Å². The van der Waals surface area contributed by atoms with Crippen molar-refractivity contribution in [2.75, 3.05) is 12.5 Å². The molecule has 1 atom stereocenters. The Kier molecular flexibility index (Phi) is 5.49. The summed E-state index contributed by atoms with van der Waals surface area (Å²) in [5, 5.41) is 8.45. The molecule has 1 aliphatic rings. The van der Waals surface area contributed by atoms with Crippen LogP contribution in [0.15, 0.2) is 22.2 Å². The number of benzene rings is 1. The van der Waals surface area contributed by atoms with Gasteiger partial charge in [-0.15, -0.1) is 13.2 Å². The van der Waals surface area contributed by atoms with E-state index in [1.54, 1.807) is 0 Å². The maximum Gasteiger partial charge on any atom is 0.578 e. The summed E-state index contributed by atoms with van der Waals surface area (Å²) >= 11 is 8.08. The van der Waals surface area contributed by atoms with E-state index in [0.717, 1.165) is 0 Å². The zero-order chi connectivity index (χ0) is 21.7. The van der Waals surface area contributed by atoms with Gasteiger partial charge in [-0.25, -0.2) is 4.68 Å². The average molecular weight is 482 g/mol. The average Bonchev–Trinajstić information content (AvgIpc) is 3.20. The lowest BCUT2D eigenvalue weighted by molar-refractivity contribution is -0.137. The van der Waals surface area contributed by atoms with E-state index < -0.39 is 60.6 Å². The molecule has 1 aromatic heterocycles. The quantitative estimate of drug-likeness (QED) is 0.514. The van der Waals surface area contributed by atoms with Crippen LogP contribution in [0.2, 0.25) is 10.0 Å². The number of rotatable bonds is 3. The van der Waals surface area contributed by atoms with E-state index in [9.17, 15) is 30.9 Å². The molecule has 1 aliphatic heterocycles. The predicted molar refractivity (Wildman–Crippen MR) is 91.1 cm³/mol. The number of amidine groups is 1. The van der Waals surface area contributed by atoms with Gasteiger partial charge in [-0.2, -0.15) is 18.3 Å². The van der Waals surface area contributed by atoms with E-state index in [1.165, 1.54) is 0 Å². The Morgan fingerprint density at radius 2 is 1.76 bits per heavy atom. The van der Waals surface area contributed by atoms with Crippen molar-refractivity contribution in [3.8, 4) is 5.69 Å². The first kappa shape index (κ1) is 21.7. The fourth-order valence-electron chi connectivity index (χ4n) is 2.33. The molecule has 0 spiro atoms. The van der Waals surface area contributed by atoms with Crippen LogP contribution in [-0.4, -0.2) is 32.4 Å². The third-order valence-corrected chi connectivity index (χ3v) is 5.28. The van der Waals surface area contributed by atoms with E-state index in [0.29, 0.717) is 16.8 Å². The number of nitrogens with zero attached hydrogens (tertiary/aromatic N) is 3. The van der Waals surface area contributed by atoms with E-state index >= 15 is 0 Å².